The van der Waals surface area contributed by atoms with Crippen LogP contribution in [0.1, 0.15) is 65.3 Å². The molecule has 1 aliphatic rings. The standard InChI is InChI=1S/C16H18.C9H13N.C9H12/c1-4-5-7-12(2)15-10-13(3)16-9-6-8-14(16)11-15;1-7-4-5-9(10-3)8(2)6-7;1-3-9-6-4-8(2)5-7-9/h4-7,9-11H,8H2,1-3H3;4-6,10H,1-3H3;4-7H,3H2,1-2H3/b5-4-,12-7+;;. The topological polar surface area (TPSA) is 12.0 Å². The van der Waals surface area contributed by atoms with Crippen molar-refractivity contribution >= 4 is 17.3 Å². The average Bonchev–Trinajstić information content (AvgIpc) is 3.33. The first kappa shape index (κ1) is 27.9. The lowest BCUT2D eigenvalue weighted by Gasteiger charge is -2.08. The number of hydrogen-bond donors (Lipinski definition) is 1. The van der Waals surface area contributed by atoms with Crippen LogP contribution in [0.25, 0.3) is 11.6 Å². The Morgan fingerprint density at radius 2 is 1.57 bits per heavy atom. The molecule has 0 aliphatic heterocycles. The molecule has 0 radical (unpaired) electrons. The molecule has 1 N–H and O–H groups in total. The lowest BCUT2D eigenvalue weighted by molar-refractivity contribution is 1.14. The van der Waals surface area contributed by atoms with Crippen molar-refractivity contribution in [2.24, 2.45) is 0 Å². The van der Waals surface area contributed by atoms with Crippen molar-refractivity contribution in [2.75, 3.05) is 12.4 Å². The zero-order chi connectivity index (χ0) is 25.8. The molecule has 0 unspecified atom stereocenters. The summed E-state index contributed by atoms with van der Waals surface area (Å²) in [5.41, 5.74) is 13.5. The zero-order valence-corrected chi connectivity index (χ0v) is 23.0. The molecule has 3 aromatic rings. The molecular formula is C34H43N. The summed E-state index contributed by atoms with van der Waals surface area (Å²) in [5.74, 6) is 0. The Balaban J connectivity index is 0.000000197. The van der Waals surface area contributed by atoms with Crippen LogP contribution in [0.5, 0.6) is 0 Å². The largest absolute Gasteiger partial charge is 0.388 e. The number of aryl methyl sites for hydroxylation is 5. The van der Waals surface area contributed by atoms with Gasteiger partial charge in [-0.05, 0) is 99.4 Å². The predicted molar refractivity (Wildman–Crippen MR) is 158 cm³/mol. The fourth-order valence-electron chi connectivity index (χ4n) is 4.06. The molecule has 0 fully saturated rings. The Labute approximate surface area is 214 Å². The molecule has 0 spiro atoms. The van der Waals surface area contributed by atoms with Crippen molar-refractivity contribution in [3.8, 4) is 0 Å². The van der Waals surface area contributed by atoms with Crippen molar-refractivity contribution in [3.05, 3.63) is 123 Å². The van der Waals surface area contributed by atoms with Gasteiger partial charge in [0, 0.05) is 12.7 Å². The second kappa shape index (κ2) is 14.2. The lowest BCUT2D eigenvalue weighted by Crippen LogP contribution is -1.90. The number of hydrogen-bond acceptors (Lipinski definition) is 1. The Bertz CT molecular complexity index is 1170. The Morgan fingerprint density at radius 3 is 2.17 bits per heavy atom. The second-order valence-electron chi connectivity index (χ2n) is 9.26. The van der Waals surface area contributed by atoms with Crippen LogP contribution < -0.4 is 5.32 Å². The summed E-state index contributed by atoms with van der Waals surface area (Å²) in [6, 6.07) is 19.6. The van der Waals surface area contributed by atoms with E-state index in [0.29, 0.717) is 0 Å². The van der Waals surface area contributed by atoms with Gasteiger partial charge in [0.15, 0.2) is 0 Å². The summed E-state index contributed by atoms with van der Waals surface area (Å²) >= 11 is 0. The number of fused-ring (bicyclic) bond motifs is 1. The average molecular weight is 466 g/mol. The Hall–Kier alpha value is -3.32. The van der Waals surface area contributed by atoms with Gasteiger partial charge in [0.2, 0.25) is 0 Å². The minimum atomic E-state index is 1.08. The van der Waals surface area contributed by atoms with Crippen LogP contribution >= 0.6 is 0 Å². The van der Waals surface area contributed by atoms with E-state index in [1.165, 1.54) is 55.8 Å². The number of benzene rings is 3. The highest BCUT2D eigenvalue weighted by Gasteiger charge is 2.09. The van der Waals surface area contributed by atoms with Gasteiger partial charge in [-0.1, -0.05) is 97.0 Å². The SMILES string of the molecule is C/C=C\C=C(/C)c1cc(C)c2c(c1)CC=C2.CCc1ccc(C)cc1.CNc1ccc(C)cc1C. The number of rotatable bonds is 4. The highest BCUT2D eigenvalue weighted by atomic mass is 14.8. The maximum Gasteiger partial charge on any atom is 0.0367 e. The summed E-state index contributed by atoms with van der Waals surface area (Å²) < 4.78 is 0. The van der Waals surface area contributed by atoms with E-state index < -0.39 is 0 Å². The summed E-state index contributed by atoms with van der Waals surface area (Å²) in [4.78, 5) is 0. The van der Waals surface area contributed by atoms with E-state index in [4.69, 9.17) is 0 Å². The third kappa shape index (κ3) is 8.76. The van der Waals surface area contributed by atoms with Gasteiger partial charge < -0.3 is 5.32 Å². The van der Waals surface area contributed by atoms with Crippen LogP contribution in [-0.2, 0) is 12.8 Å². The minimum absolute atomic E-state index is 1.08. The van der Waals surface area contributed by atoms with Crippen molar-refractivity contribution in [2.45, 2.75) is 61.3 Å². The van der Waals surface area contributed by atoms with E-state index in [1.54, 1.807) is 0 Å². The lowest BCUT2D eigenvalue weighted by atomic mass is 9.97. The summed E-state index contributed by atoms with van der Waals surface area (Å²) in [6.45, 7) is 14.9. The van der Waals surface area contributed by atoms with Gasteiger partial charge in [-0.25, -0.2) is 0 Å². The fraction of sp³-hybridized carbons (Fsp3) is 0.294. The van der Waals surface area contributed by atoms with Gasteiger partial charge in [-0.2, -0.15) is 0 Å². The Morgan fingerprint density at radius 1 is 0.886 bits per heavy atom. The molecule has 1 nitrogen and oxygen atoms in total. The zero-order valence-electron chi connectivity index (χ0n) is 23.0. The molecule has 184 valence electrons. The summed E-state index contributed by atoms with van der Waals surface area (Å²) in [6.07, 6.45) is 13.0. The van der Waals surface area contributed by atoms with Crippen molar-refractivity contribution in [1.29, 1.82) is 0 Å². The minimum Gasteiger partial charge on any atom is -0.388 e. The van der Waals surface area contributed by atoms with Crippen LogP contribution in [0, 0.1) is 27.7 Å². The van der Waals surface area contributed by atoms with Crippen LogP contribution in [0.3, 0.4) is 0 Å². The van der Waals surface area contributed by atoms with Crippen molar-refractivity contribution in [3.63, 3.8) is 0 Å². The van der Waals surface area contributed by atoms with E-state index in [2.05, 4.69) is 132 Å². The van der Waals surface area contributed by atoms with Crippen LogP contribution in [0.4, 0.5) is 5.69 Å². The molecule has 0 amide bonds. The maximum absolute atomic E-state index is 3.12. The van der Waals surface area contributed by atoms with Gasteiger partial charge in [0.05, 0.1) is 0 Å². The molecular weight excluding hydrogens is 422 g/mol. The predicted octanol–water partition coefficient (Wildman–Crippen LogP) is 9.45. The molecule has 1 aliphatic carbocycles. The first-order chi connectivity index (χ1) is 16.8. The molecule has 0 aromatic heterocycles. The third-order valence-corrected chi connectivity index (χ3v) is 6.27. The van der Waals surface area contributed by atoms with Gasteiger partial charge >= 0.3 is 0 Å². The quantitative estimate of drug-likeness (QED) is 0.378. The Kier molecular flexibility index (Phi) is 11.3. The molecule has 0 saturated carbocycles. The second-order valence-corrected chi connectivity index (χ2v) is 9.26. The molecule has 4 rings (SSSR count). The van der Waals surface area contributed by atoms with E-state index >= 15 is 0 Å². The molecule has 35 heavy (non-hydrogen) atoms. The molecule has 0 bridgehead atoms. The van der Waals surface area contributed by atoms with E-state index in [-0.39, 0.29) is 0 Å². The highest BCUT2D eigenvalue weighted by Crippen LogP contribution is 2.27. The van der Waals surface area contributed by atoms with Gasteiger partial charge in [-0.15, -0.1) is 0 Å². The maximum atomic E-state index is 3.12. The monoisotopic (exact) mass is 465 g/mol. The highest BCUT2D eigenvalue weighted by molar-refractivity contribution is 5.72. The smallest absolute Gasteiger partial charge is 0.0367 e. The molecule has 0 saturated heterocycles. The van der Waals surface area contributed by atoms with E-state index in [1.807, 2.05) is 14.0 Å². The van der Waals surface area contributed by atoms with Crippen molar-refractivity contribution < 1.29 is 0 Å². The van der Waals surface area contributed by atoms with E-state index in [9.17, 15) is 0 Å². The molecule has 3 aromatic carbocycles. The normalized spacial score (nSPS) is 11.9. The van der Waals surface area contributed by atoms with Gasteiger partial charge in [-0.3, -0.25) is 0 Å². The van der Waals surface area contributed by atoms with E-state index in [0.717, 1.165) is 12.8 Å². The number of anilines is 1. The first-order valence-corrected chi connectivity index (χ1v) is 12.7. The summed E-state index contributed by atoms with van der Waals surface area (Å²) in [7, 11) is 1.94. The number of nitrogens with one attached hydrogen (secondary N) is 1. The van der Waals surface area contributed by atoms with Crippen LogP contribution in [0.15, 0.2) is 78.9 Å². The third-order valence-electron chi connectivity index (χ3n) is 6.27. The van der Waals surface area contributed by atoms with Crippen LogP contribution in [0.2, 0.25) is 0 Å². The molecule has 0 atom stereocenters. The van der Waals surface area contributed by atoms with Crippen molar-refractivity contribution in [1.82, 2.24) is 0 Å². The van der Waals surface area contributed by atoms with Crippen LogP contribution in [-0.4, -0.2) is 7.05 Å². The molecule has 1 heteroatoms. The number of allylic oxidation sites excluding steroid dienone is 5. The van der Waals surface area contributed by atoms with Gasteiger partial charge in [0.1, 0.15) is 0 Å². The van der Waals surface area contributed by atoms with Gasteiger partial charge in [0.25, 0.3) is 0 Å². The molecule has 0 heterocycles. The first-order valence-electron chi connectivity index (χ1n) is 12.7. The fourth-order valence-corrected chi connectivity index (χ4v) is 4.06. The summed E-state index contributed by atoms with van der Waals surface area (Å²) in [5, 5.41) is 3.12.